The van der Waals surface area contributed by atoms with Crippen LogP contribution in [0.2, 0.25) is 10.0 Å². The number of aliphatic carboxylic acids is 1. The van der Waals surface area contributed by atoms with Gasteiger partial charge in [0.2, 0.25) is 0 Å². The van der Waals surface area contributed by atoms with Gasteiger partial charge >= 0.3 is 5.97 Å². The Kier molecular flexibility index (Phi) is 7.91. The average Bonchev–Trinajstić information content (AvgIpc) is 3.36. The largest absolute Gasteiger partial charge is 0.480 e. The van der Waals surface area contributed by atoms with Crippen LogP contribution in [0.4, 0.5) is 5.82 Å². The molecule has 41 heavy (non-hydrogen) atoms. The molecule has 5 rings (SSSR count). The van der Waals surface area contributed by atoms with Crippen LogP contribution in [0.3, 0.4) is 0 Å². The second-order valence-corrected chi connectivity index (χ2v) is 13.4. The molecule has 0 radical (unpaired) electrons. The van der Waals surface area contributed by atoms with Crippen LogP contribution in [0.5, 0.6) is 0 Å². The van der Waals surface area contributed by atoms with Crippen LogP contribution in [-0.2, 0) is 44.9 Å². The maximum atomic E-state index is 13.3. The SMILES string of the molecule is C=S(C)(=O)c1cccc(C[C@H](NC(=O)c2c(Cl)cc3c(c2Cl)CCN(C(=O)C2=Nc4ncccc4C2)C3)C(=O)O)c1. The number of fused-ring (bicyclic) bond motifs is 2. The van der Waals surface area contributed by atoms with E-state index in [-0.39, 0.29) is 34.5 Å². The van der Waals surface area contributed by atoms with Gasteiger partial charge in [0.05, 0.1) is 15.6 Å². The van der Waals surface area contributed by atoms with E-state index >= 15 is 0 Å². The summed E-state index contributed by atoms with van der Waals surface area (Å²) in [6.07, 6.45) is 3.87. The zero-order valence-corrected chi connectivity index (χ0v) is 24.4. The highest BCUT2D eigenvalue weighted by molar-refractivity contribution is 7.99. The van der Waals surface area contributed by atoms with E-state index in [1.807, 2.05) is 6.07 Å². The minimum absolute atomic E-state index is 0.0251. The molecule has 2 atom stereocenters. The molecule has 1 aromatic heterocycles. The van der Waals surface area contributed by atoms with E-state index in [2.05, 4.69) is 21.2 Å². The van der Waals surface area contributed by atoms with Crippen molar-refractivity contribution in [1.82, 2.24) is 15.2 Å². The number of halogens is 2. The van der Waals surface area contributed by atoms with Gasteiger partial charge in [0, 0.05) is 48.8 Å². The normalized spacial score (nSPS) is 16.2. The number of aromatic nitrogens is 1. The fraction of sp³-hybridized carbons (Fsp3) is 0.241. The van der Waals surface area contributed by atoms with Crippen molar-refractivity contribution in [3.05, 3.63) is 86.5 Å². The fourth-order valence-corrected chi connectivity index (χ4v) is 6.49. The summed E-state index contributed by atoms with van der Waals surface area (Å²) >= 11 is 13.2. The Balaban J connectivity index is 1.33. The molecular weight excluding hydrogens is 587 g/mol. The van der Waals surface area contributed by atoms with E-state index < -0.39 is 27.4 Å². The number of rotatable bonds is 7. The number of benzene rings is 2. The second-order valence-electron chi connectivity index (χ2n) is 10.1. The Hall–Kier alpha value is -3.73. The Bertz CT molecular complexity index is 1740. The van der Waals surface area contributed by atoms with Gasteiger partial charge in [0.1, 0.15) is 11.8 Å². The molecule has 2 amide bonds. The number of amides is 2. The van der Waals surface area contributed by atoms with Gasteiger partial charge in [-0.1, -0.05) is 41.4 Å². The quantitative estimate of drug-likeness (QED) is 0.391. The predicted molar refractivity (Wildman–Crippen MR) is 159 cm³/mol. The summed E-state index contributed by atoms with van der Waals surface area (Å²) in [5, 5.41) is 12.5. The van der Waals surface area contributed by atoms with Crippen molar-refractivity contribution in [2.45, 2.75) is 36.7 Å². The summed E-state index contributed by atoms with van der Waals surface area (Å²) < 4.78 is 12.3. The molecule has 3 aromatic rings. The maximum Gasteiger partial charge on any atom is 0.326 e. The summed E-state index contributed by atoms with van der Waals surface area (Å²) in [6, 6.07) is 10.6. The van der Waals surface area contributed by atoms with Gasteiger partial charge < -0.3 is 15.3 Å². The van der Waals surface area contributed by atoms with Gasteiger partial charge in [-0.2, -0.15) is 0 Å². The molecular formula is C29H26Cl2N4O5S. The molecule has 2 aliphatic heterocycles. The van der Waals surface area contributed by atoms with Crippen molar-refractivity contribution in [2.75, 3.05) is 12.8 Å². The Morgan fingerprint density at radius 1 is 1.17 bits per heavy atom. The number of hydrogen-bond acceptors (Lipinski definition) is 6. The summed E-state index contributed by atoms with van der Waals surface area (Å²) in [6.45, 7) is 0.595. The van der Waals surface area contributed by atoms with E-state index in [1.54, 1.807) is 47.5 Å². The van der Waals surface area contributed by atoms with Gasteiger partial charge in [-0.3, -0.25) is 13.8 Å². The lowest BCUT2D eigenvalue weighted by Crippen LogP contribution is -2.43. The lowest BCUT2D eigenvalue weighted by atomic mass is 9.95. The molecule has 0 saturated carbocycles. The third kappa shape index (κ3) is 6.00. The first-order valence-electron chi connectivity index (χ1n) is 12.7. The molecule has 0 bridgehead atoms. The lowest BCUT2D eigenvalue weighted by Gasteiger charge is -2.30. The van der Waals surface area contributed by atoms with Crippen LogP contribution < -0.4 is 5.32 Å². The van der Waals surface area contributed by atoms with E-state index in [0.717, 1.165) is 5.56 Å². The van der Waals surface area contributed by atoms with Crippen LogP contribution in [0, 0.1) is 0 Å². The van der Waals surface area contributed by atoms with E-state index in [4.69, 9.17) is 23.2 Å². The molecule has 9 nitrogen and oxygen atoms in total. The van der Waals surface area contributed by atoms with Gasteiger partial charge in [0.25, 0.3) is 11.8 Å². The number of pyridine rings is 1. The molecule has 2 aliphatic rings. The monoisotopic (exact) mass is 612 g/mol. The van der Waals surface area contributed by atoms with Crippen LogP contribution in [-0.4, -0.2) is 67.4 Å². The first-order valence-corrected chi connectivity index (χ1v) is 15.6. The van der Waals surface area contributed by atoms with E-state index in [1.165, 1.54) is 6.26 Å². The molecule has 2 aromatic carbocycles. The van der Waals surface area contributed by atoms with E-state index in [9.17, 15) is 23.7 Å². The number of nitrogens with zero attached hydrogens (tertiary/aromatic N) is 3. The number of carboxylic acid groups (broad SMARTS) is 1. The van der Waals surface area contributed by atoms with Crippen molar-refractivity contribution in [3.8, 4) is 0 Å². The lowest BCUT2D eigenvalue weighted by molar-refractivity contribution is -0.139. The molecule has 0 fully saturated rings. The average molecular weight is 614 g/mol. The van der Waals surface area contributed by atoms with Crippen LogP contribution >= 0.6 is 23.2 Å². The van der Waals surface area contributed by atoms with E-state index in [0.29, 0.717) is 52.5 Å². The van der Waals surface area contributed by atoms with Crippen molar-refractivity contribution in [2.24, 2.45) is 4.99 Å². The first-order chi connectivity index (χ1) is 19.4. The minimum atomic E-state index is -2.50. The fourth-order valence-electron chi connectivity index (χ4n) is 4.96. The van der Waals surface area contributed by atoms with Crippen molar-refractivity contribution in [1.29, 1.82) is 0 Å². The predicted octanol–water partition coefficient (Wildman–Crippen LogP) is 3.73. The number of aliphatic imine (C=N–C) groups is 1. The van der Waals surface area contributed by atoms with Gasteiger partial charge in [-0.15, -0.1) is 0 Å². The zero-order valence-electron chi connectivity index (χ0n) is 22.0. The number of hydrogen-bond donors (Lipinski definition) is 2. The summed E-state index contributed by atoms with van der Waals surface area (Å²) in [4.78, 5) is 49.2. The Morgan fingerprint density at radius 2 is 1.95 bits per heavy atom. The molecule has 12 heteroatoms. The molecule has 0 spiro atoms. The molecule has 1 unspecified atom stereocenters. The second kappa shape index (κ2) is 11.3. The van der Waals surface area contributed by atoms with Crippen LogP contribution in [0.15, 0.2) is 58.5 Å². The number of carbonyl (C=O) groups is 3. The van der Waals surface area contributed by atoms with Crippen molar-refractivity contribution < 1.29 is 23.7 Å². The first kappa shape index (κ1) is 28.8. The highest BCUT2D eigenvalue weighted by Gasteiger charge is 2.32. The van der Waals surface area contributed by atoms with Crippen LogP contribution in [0.25, 0.3) is 0 Å². The van der Waals surface area contributed by atoms with Crippen molar-refractivity contribution in [3.63, 3.8) is 0 Å². The number of carbonyl (C=O) groups excluding carboxylic acids is 2. The number of nitrogens with one attached hydrogen (secondary N) is 1. The molecule has 0 aliphatic carbocycles. The van der Waals surface area contributed by atoms with Gasteiger partial charge in [-0.05, 0) is 62.8 Å². The Morgan fingerprint density at radius 3 is 2.66 bits per heavy atom. The van der Waals surface area contributed by atoms with Crippen LogP contribution in [0.1, 0.15) is 32.6 Å². The number of carboxylic acids is 1. The summed E-state index contributed by atoms with van der Waals surface area (Å²) in [7, 11) is -2.50. The molecule has 212 valence electrons. The smallest absolute Gasteiger partial charge is 0.326 e. The maximum absolute atomic E-state index is 13.3. The highest BCUT2D eigenvalue weighted by atomic mass is 35.5. The highest BCUT2D eigenvalue weighted by Crippen LogP contribution is 2.35. The van der Waals surface area contributed by atoms with Gasteiger partial charge in [-0.25, -0.2) is 14.8 Å². The standard InChI is InChI=1S/C29H26Cl2N4O5S/c1-41(2,40)19-7-3-5-16(11-19)12-23(29(38)39)34-27(36)24-21(30)13-18-15-35(10-8-20(18)25(24)31)28(37)22-14-17-6-4-9-32-26(17)33-22/h3-7,9,11,13,23H,1,8,10,12,14-15H2,2H3,(H,34,36)(H,38,39)/t23-,41?/m0/s1. The summed E-state index contributed by atoms with van der Waals surface area (Å²) in [5.74, 6) is 2.04. The molecule has 3 heterocycles. The van der Waals surface area contributed by atoms with Gasteiger partial charge in [0.15, 0.2) is 5.82 Å². The third-order valence-electron chi connectivity index (χ3n) is 7.07. The molecule has 0 saturated heterocycles. The summed E-state index contributed by atoms with van der Waals surface area (Å²) in [5.41, 5.74) is 3.24. The minimum Gasteiger partial charge on any atom is -0.480 e. The molecule has 2 N–H and O–H groups in total. The van der Waals surface area contributed by atoms with Crippen molar-refractivity contribution >= 4 is 67.9 Å². The zero-order chi connectivity index (χ0) is 29.5. The third-order valence-corrected chi connectivity index (χ3v) is 9.04. The Labute approximate surface area is 247 Å². The topological polar surface area (TPSA) is 129 Å².